The maximum atomic E-state index is 13.0. The van der Waals surface area contributed by atoms with E-state index in [1.807, 2.05) is 6.08 Å². The summed E-state index contributed by atoms with van der Waals surface area (Å²) in [5.74, 6) is -0.189. The summed E-state index contributed by atoms with van der Waals surface area (Å²) in [5.41, 5.74) is 0. The van der Waals surface area contributed by atoms with Crippen molar-refractivity contribution in [3.05, 3.63) is 48.6 Å². The van der Waals surface area contributed by atoms with E-state index in [0.29, 0.717) is 6.42 Å². The molecule has 410 valence electrons. The van der Waals surface area contributed by atoms with Crippen LogP contribution in [0.3, 0.4) is 0 Å². The molecule has 0 radical (unpaired) electrons. The summed E-state index contributed by atoms with van der Waals surface area (Å²) in [5, 5.41) is 54.3. The zero-order valence-electron chi connectivity index (χ0n) is 45.5. The molecular formula is C61H113NO8. The Bertz CT molecular complexity index is 1240. The molecule has 9 nitrogen and oxygen atoms in total. The van der Waals surface area contributed by atoms with Gasteiger partial charge in [0.25, 0.3) is 0 Å². The van der Waals surface area contributed by atoms with Crippen LogP contribution in [0.25, 0.3) is 0 Å². The largest absolute Gasteiger partial charge is 0.394 e. The van der Waals surface area contributed by atoms with E-state index in [1.54, 1.807) is 6.08 Å². The van der Waals surface area contributed by atoms with Gasteiger partial charge in [0.2, 0.25) is 5.91 Å². The molecule has 1 fully saturated rings. The quantitative estimate of drug-likeness (QED) is 0.0261. The second-order valence-corrected chi connectivity index (χ2v) is 20.8. The summed E-state index contributed by atoms with van der Waals surface area (Å²) < 4.78 is 11.2. The molecule has 0 spiro atoms. The van der Waals surface area contributed by atoms with Crippen LogP contribution in [0.1, 0.15) is 277 Å². The lowest BCUT2D eigenvalue weighted by Crippen LogP contribution is -2.60. The van der Waals surface area contributed by atoms with E-state index in [9.17, 15) is 30.3 Å². The summed E-state index contributed by atoms with van der Waals surface area (Å²) in [7, 11) is 0. The van der Waals surface area contributed by atoms with Crippen LogP contribution in [-0.4, -0.2) is 87.5 Å². The molecule has 70 heavy (non-hydrogen) atoms. The van der Waals surface area contributed by atoms with Crippen LogP contribution in [0.4, 0.5) is 0 Å². The molecule has 1 aliphatic rings. The van der Waals surface area contributed by atoms with Crippen LogP contribution in [0.2, 0.25) is 0 Å². The number of carbonyl (C=O) groups excluding carboxylic acids is 1. The maximum Gasteiger partial charge on any atom is 0.220 e. The van der Waals surface area contributed by atoms with Gasteiger partial charge in [0, 0.05) is 6.42 Å². The van der Waals surface area contributed by atoms with Crippen molar-refractivity contribution in [2.45, 2.75) is 320 Å². The number of allylic oxidation sites excluding steroid dienone is 7. The Morgan fingerprint density at radius 2 is 0.829 bits per heavy atom. The van der Waals surface area contributed by atoms with Crippen LogP contribution in [-0.2, 0) is 14.3 Å². The lowest BCUT2D eigenvalue weighted by molar-refractivity contribution is -0.302. The minimum absolute atomic E-state index is 0.189. The maximum absolute atomic E-state index is 13.0. The zero-order valence-corrected chi connectivity index (χ0v) is 45.5. The Hall–Kier alpha value is -1.85. The predicted molar refractivity (Wildman–Crippen MR) is 295 cm³/mol. The molecule has 1 rings (SSSR count). The number of nitrogens with one attached hydrogen (secondary N) is 1. The van der Waals surface area contributed by atoms with Crippen molar-refractivity contribution in [1.82, 2.24) is 5.32 Å². The van der Waals surface area contributed by atoms with E-state index in [0.717, 1.165) is 51.4 Å². The molecule has 0 aromatic rings. The number of hydrogen-bond donors (Lipinski definition) is 6. The first-order valence-electron chi connectivity index (χ1n) is 29.9. The summed E-state index contributed by atoms with van der Waals surface area (Å²) in [6.45, 7) is 3.72. The summed E-state index contributed by atoms with van der Waals surface area (Å²) in [4.78, 5) is 13.0. The van der Waals surface area contributed by atoms with Crippen molar-refractivity contribution in [3.63, 3.8) is 0 Å². The topological polar surface area (TPSA) is 149 Å². The van der Waals surface area contributed by atoms with E-state index in [4.69, 9.17) is 9.47 Å². The first kappa shape index (κ1) is 66.2. The Balaban J connectivity index is 2.07. The molecule has 0 aliphatic carbocycles. The number of carbonyl (C=O) groups is 1. The summed E-state index contributed by atoms with van der Waals surface area (Å²) in [6, 6.07) is -0.826. The van der Waals surface area contributed by atoms with Crippen molar-refractivity contribution in [1.29, 1.82) is 0 Å². The number of hydrogen-bond acceptors (Lipinski definition) is 8. The molecule has 1 amide bonds. The van der Waals surface area contributed by atoms with E-state index >= 15 is 0 Å². The van der Waals surface area contributed by atoms with Gasteiger partial charge in [-0.15, -0.1) is 0 Å². The SMILES string of the molecule is CCCC/C=C/CC/C=C/CC/C=C/C(O)C(COC1OC(CO)C(O)C(O)C1O)NC(=O)CCCCCCCCCCCCCCCCCCCCCCCCC/C=C\CCCCCCCCCC. The Morgan fingerprint density at radius 1 is 0.471 bits per heavy atom. The zero-order chi connectivity index (χ0) is 50.8. The van der Waals surface area contributed by atoms with E-state index < -0.39 is 49.5 Å². The second kappa shape index (κ2) is 50.7. The molecule has 1 saturated heterocycles. The highest BCUT2D eigenvalue weighted by molar-refractivity contribution is 5.76. The van der Waals surface area contributed by atoms with Gasteiger partial charge in [0.05, 0.1) is 25.4 Å². The molecule has 0 saturated carbocycles. The minimum atomic E-state index is -1.57. The molecule has 0 aromatic carbocycles. The first-order chi connectivity index (χ1) is 34.3. The van der Waals surface area contributed by atoms with Crippen molar-refractivity contribution in [2.75, 3.05) is 13.2 Å². The van der Waals surface area contributed by atoms with Gasteiger partial charge in [-0.05, 0) is 64.2 Å². The predicted octanol–water partition coefficient (Wildman–Crippen LogP) is 14.9. The highest BCUT2D eigenvalue weighted by Crippen LogP contribution is 2.23. The Labute approximate surface area is 431 Å². The van der Waals surface area contributed by atoms with Crippen LogP contribution >= 0.6 is 0 Å². The van der Waals surface area contributed by atoms with E-state index in [2.05, 4.69) is 55.6 Å². The van der Waals surface area contributed by atoms with Gasteiger partial charge in [0.15, 0.2) is 6.29 Å². The molecule has 1 aliphatic heterocycles. The monoisotopic (exact) mass is 988 g/mol. The van der Waals surface area contributed by atoms with Gasteiger partial charge >= 0.3 is 0 Å². The van der Waals surface area contributed by atoms with Gasteiger partial charge < -0.3 is 40.3 Å². The first-order valence-corrected chi connectivity index (χ1v) is 29.9. The fourth-order valence-electron chi connectivity index (χ4n) is 9.35. The third kappa shape index (κ3) is 39.7. The van der Waals surface area contributed by atoms with Crippen LogP contribution in [0.15, 0.2) is 48.6 Å². The summed E-state index contributed by atoms with van der Waals surface area (Å²) in [6.07, 6.45) is 60.8. The number of unbranched alkanes of at least 4 members (excludes halogenated alkanes) is 35. The van der Waals surface area contributed by atoms with Crippen molar-refractivity contribution < 1.29 is 39.8 Å². The minimum Gasteiger partial charge on any atom is -0.394 e. The highest BCUT2D eigenvalue weighted by atomic mass is 16.7. The number of aliphatic hydroxyl groups is 5. The fraction of sp³-hybridized carbons (Fsp3) is 0.852. The standard InChI is InChI=1S/C61H113NO8/c1-3-5-7-9-11-13-15-17-18-19-20-21-22-23-24-25-26-27-28-29-30-31-32-33-34-35-36-37-38-39-41-43-45-47-49-51-57(65)62-54(53-69-61-60(68)59(67)58(66)56(52-63)70-61)55(64)50-48-46-44-42-40-16-14-12-10-8-6-4-2/h10,12,19-20,40,42,48,50,54-56,58-61,63-64,66-68H,3-9,11,13-18,21-39,41,43-47,49,51-53H2,1-2H3,(H,62,65)/b12-10+,20-19-,42-40+,50-48+. The van der Waals surface area contributed by atoms with Crippen LogP contribution in [0, 0.1) is 0 Å². The highest BCUT2D eigenvalue weighted by Gasteiger charge is 2.44. The number of amides is 1. The molecule has 0 bridgehead atoms. The average molecular weight is 989 g/mol. The number of ether oxygens (including phenoxy) is 2. The molecule has 9 heteroatoms. The number of rotatable bonds is 51. The molecule has 6 N–H and O–H groups in total. The van der Waals surface area contributed by atoms with E-state index in [-0.39, 0.29) is 12.5 Å². The lowest BCUT2D eigenvalue weighted by Gasteiger charge is -2.40. The smallest absolute Gasteiger partial charge is 0.220 e. The molecule has 0 aromatic heterocycles. The molecule has 7 atom stereocenters. The van der Waals surface area contributed by atoms with Crippen LogP contribution in [0.5, 0.6) is 0 Å². The van der Waals surface area contributed by atoms with Crippen molar-refractivity contribution in [3.8, 4) is 0 Å². The summed E-state index contributed by atoms with van der Waals surface area (Å²) >= 11 is 0. The molecular weight excluding hydrogens is 875 g/mol. The lowest BCUT2D eigenvalue weighted by atomic mass is 9.99. The van der Waals surface area contributed by atoms with Crippen molar-refractivity contribution >= 4 is 5.91 Å². The van der Waals surface area contributed by atoms with Gasteiger partial charge in [-0.1, -0.05) is 255 Å². The van der Waals surface area contributed by atoms with Crippen molar-refractivity contribution in [2.24, 2.45) is 0 Å². The molecule has 1 heterocycles. The average Bonchev–Trinajstić information content (AvgIpc) is 3.36. The van der Waals surface area contributed by atoms with Crippen LogP contribution < -0.4 is 5.32 Å². The van der Waals surface area contributed by atoms with Gasteiger partial charge in [-0.2, -0.15) is 0 Å². The molecule has 7 unspecified atom stereocenters. The van der Waals surface area contributed by atoms with Gasteiger partial charge in [-0.3, -0.25) is 4.79 Å². The third-order valence-electron chi connectivity index (χ3n) is 14.1. The Kier molecular flexibility index (Phi) is 47.9. The van der Waals surface area contributed by atoms with Gasteiger partial charge in [0.1, 0.15) is 24.4 Å². The van der Waals surface area contributed by atoms with Gasteiger partial charge in [-0.25, -0.2) is 0 Å². The Morgan fingerprint density at radius 3 is 1.24 bits per heavy atom. The second-order valence-electron chi connectivity index (χ2n) is 20.8. The third-order valence-corrected chi connectivity index (χ3v) is 14.1. The normalized spacial score (nSPS) is 19.7. The number of aliphatic hydroxyl groups excluding tert-OH is 5. The fourth-order valence-corrected chi connectivity index (χ4v) is 9.35. The van der Waals surface area contributed by atoms with E-state index in [1.165, 1.54) is 205 Å².